The highest BCUT2D eigenvalue weighted by Gasteiger charge is 2.06. The molecule has 21 heavy (non-hydrogen) atoms. The van der Waals surface area contributed by atoms with Gasteiger partial charge in [0, 0.05) is 12.7 Å². The first-order valence-corrected chi connectivity index (χ1v) is 6.64. The Kier molecular flexibility index (Phi) is 4.77. The van der Waals surface area contributed by atoms with Crippen molar-refractivity contribution in [1.29, 1.82) is 0 Å². The second-order valence-electron chi connectivity index (χ2n) is 4.40. The number of ketones is 1. The molecular weight excluding hydrogens is 268 g/mol. The lowest BCUT2D eigenvalue weighted by molar-refractivity contribution is 0.104. The zero-order valence-corrected chi connectivity index (χ0v) is 12.4. The van der Waals surface area contributed by atoms with Crippen LogP contribution >= 0.6 is 0 Å². The van der Waals surface area contributed by atoms with E-state index in [-0.39, 0.29) is 5.78 Å². The summed E-state index contributed by atoms with van der Waals surface area (Å²) >= 11 is 0. The second kappa shape index (κ2) is 6.74. The number of carbonyl (C=O) groups is 1. The Morgan fingerprint density at radius 2 is 2.05 bits per heavy atom. The van der Waals surface area contributed by atoms with Crippen LogP contribution in [-0.2, 0) is 6.54 Å². The van der Waals surface area contributed by atoms with Gasteiger partial charge in [0.1, 0.15) is 0 Å². The van der Waals surface area contributed by atoms with Crippen LogP contribution in [0.1, 0.15) is 22.8 Å². The lowest BCUT2D eigenvalue weighted by Gasteiger charge is -2.07. The Balaban J connectivity index is 2.15. The summed E-state index contributed by atoms with van der Waals surface area (Å²) in [6.07, 6.45) is 6.58. The number of hydrogen-bond acceptors (Lipinski definition) is 4. The third-order valence-corrected chi connectivity index (χ3v) is 3.08. The van der Waals surface area contributed by atoms with Crippen LogP contribution in [0.15, 0.2) is 36.7 Å². The molecule has 0 saturated heterocycles. The predicted octanol–water partition coefficient (Wildman–Crippen LogP) is 2.82. The van der Waals surface area contributed by atoms with Crippen molar-refractivity contribution in [3.05, 3.63) is 47.8 Å². The minimum atomic E-state index is -0.0792. The summed E-state index contributed by atoms with van der Waals surface area (Å²) in [5.74, 6) is 1.21. The predicted molar refractivity (Wildman–Crippen MR) is 80.8 cm³/mol. The highest BCUT2D eigenvalue weighted by Crippen LogP contribution is 2.27. The van der Waals surface area contributed by atoms with E-state index in [1.54, 1.807) is 43.4 Å². The van der Waals surface area contributed by atoms with Gasteiger partial charge in [0.25, 0.3) is 0 Å². The Labute approximate surface area is 123 Å². The van der Waals surface area contributed by atoms with Crippen molar-refractivity contribution >= 4 is 11.9 Å². The van der Waals surface area contributed by atoms with Crippen LogP contribution in [-0.4, -0.2) is 29.8 Å². The first kappa shape index (κ1) is 14.8. The highest BCUT2D eigenvalue weighted by molar-refractivity contribution is 6.06. The number of ether oxygens (including phenoxy) is 2. The largest absolute Gasteiger partial charge is 0.493 e. The number of benzene rings is 1. The van der Waals surface area contributed by atoms with Crippen LogP contribution in [0.5, 0.6) is 11.5 Å². The van der Waals surface area contributed by atoms with Crippen LogP contribution in [0.25, 0.3) is 6.08 Å². The number of aromatic nitrogens is 2. The van der Waals surface area contributed by atoms with Gasteiger partial charge in [-0.25, -0.2) is 0 Å². The molecule has 0 unspecified atom stereocenters. The van der Waals surface area contributed by atoms with Gasteiger partial charge < -0.3 is 9.47 Å². The monoisotopic (exact) mass is 286 g/mol. The van der Waals surface area contributed by atoms with Gasteiger partial charge in [-0.05, 0) is 30.7 Å². The summed E-state index contributed by atoms with van der Waals surface area (Å²) in [5.41, 5.74) is 1.44. The van der Waals surface area contributed by atoms with Gasteiger partial charge in [0.05, 0.1) is 26.0 Å². The summed E-state index contributed by atoms with van der Waals surface area (Å²) < 4.78 is 12.1. The lowest BCUT2D eigenvalue weighted by Crippen LogP contribution is -1.94. The first-order chi connectivity index (χ1) is 10.2. The molecule has 0 aliphatic heterocycles. The molecule has 0 N–H and O–H groups in total. The number of carbonyl (C=O) groups excluding carboxylic acids is 1. The Hall–Kier alpha value is -2.56. The fourth-order valence-corrected chi connectivity index (χ4v) is 1.89. The van der Waals surface area contributed by atoms with Crippen LogP contribution in [0, 0.1) is 0 Å². The topological polar surface area (TPSA) is 53.4 Å². The standard InChI is InChI=1S/C16H18N2O3/c1-4-18-11-13(10-17-18)14(19)7-5-12-6-8-15(20-2)16(9-12)21-3/h5-11H,4H2,1-3H3/b7-5-. The summed E-state index contributed by atoms with van der Waals surface area (Å²) in [7, 11) is 3.16. The SMILES string of the molecule is CCn1cc(C(=O)/C=C\c2ccc(OC)c(OC)c2)cn1. The Morgan fingerprint density at radius 3 is 2.67 bits per heavy atom. The van der Waals surface area contributed by atoms with Crippen molar-refractivity contribution in [2.45, 2.75) is 13.5 Å². The highest BCUT2D eigenvalue weighted by atomic mass is 16.5. The molecule has 0 fully saturated rings. The zero-order valence-electron chi connectivity index (χ0n) is 12.4. The molecular formula is C16H18N2O3. The molecule has 5 nitrogen and oxygen atoms in total. The van der Waals surface area contributed by atoms with Crippen molar-refractivity contribution in [1.82, 2.24) is 9.78 Å². The maximum atomic E-state index is 12.0. The molecule has 2 rings (SSSR count). The quantitative estimate of drug-likeness (QED) is 0.605. The van der Waals surface area contributed by atoms with Crippen LogP contribution < -0.4 is 9.47 Å². The zero-order chi connectivity index (χ0) is 15.2. The van der Waals surface area contributed by atoms with E-state index in [0.717, 1.165) is 12.1 Å². The fourth-order valence-electron chi connectivity index (χ4n) is 1.89. The van der Waals surface area contributed by atoms with Crippen LogP contribution in [0.3, 0.4) is 0 Å². The Morgan fingerprint density at radius 1 is 1.29 bits per heavy atom. The molecule has 0 aliphatic rings. The van der Waals surface area contributed by atoms with E-state index in [1.165, 1.54) is 6.08 Å². The van der Waals surface area contributed by atoms with Crippen molar-refractivity contribution in [3.8, 4) is 11.5 Å². The molecule has 0 radical (unpaired) electrons. The van der Waals surface area contributed by atoms with Crippen LogP contribution in [0.4, 0.5) is 0 Å². The summed E-state index contributed by atoms with van der Waals surface area (Å²) in [4.78, 5) is 12.0. The number of allylic oxidation sites excluding steroid dienone is 1. The van der Waals surface area contributed by atoms with E-state index in [4.69, 9.17) is 9.47 Å². The van der Waals surface area contributed by atoms with Gasteiger partial charge in [-0.3, -0.25) is 9.48 Å². The molecule has 1 aromatic carbocycles. The van der Waals surface area contributed by atoms with Gasteiger partial charge in [0.15, 0.2) is 17.3 Å². The molecule has 2 aromatic rings. The molecule has 0 spiro atoms. The van der Waals surface area contributed by atoms with Crippen molar-refractivity contribution < 1.29 is 14.3 Å². The molecule has 110 valence electrons. The van der Waals surface area contributed by atoms with Gasteiger partial charge in [-0.2, -0.15) is 5.10 Å². The lowest BCUT2D eigenvalue weighted by atomic mass is 10.1. The molecule has 0 bridgehead atoms. The number of aryl methyl sites for hydroxylation is 1. The van der Waals surface area contributed by atoms with Gasteiger partial charge in [-0.1, -0.05) is 12.1 Å². The number of hydrogen-bond donors (Lipinski definition) is 0. The summed E-state index contributed by atoms with van der Waals surface area (Å²) in [5, 5.41) is 4.09. The summed E-state index contributed by atoms with van der Waals surface area (Å²) in [6, 6.07) is 5.48. The second-order valence-corrected chi connectivity index (χ2v) is 4.40. The fraction of sp³-hybridized carbons (Fsp3) is 0.250. The minimum Gasteiger partial charge on any atom is -0.493 e. The number of rotatable bonds is 6. The van der Waals surface area contributed by atoms with E-state index in [2.05, 4.69) is 5.10 Å². The molecule has 0 amide bonds. The van der Waals surface area contributed by atoms with Gasteiger partial charge in [-0.15, -0.1) is 0 Å². The average molecular weight is 286 g/mol. The summed E-state index contributed by atoms with van der Waals surface area (Å²) in [6.45, 7) is 2.72. The van der Waals surface area contributed by atoms with E-state index in [0.29, 0.717) is 17.1 Å². The van der Waals surface area contributed by atoms with Gasteiger partial charge >= 0.3 is 0 Å². The van der Waals surface area contributed by atoms with Crippen molar-refractivity contribution in [2.75, 3.05) is 14.2 Å². The average Bonchev–Trinajstić information content (AvgIpc) is 3.01. The number of nitrogens with zero attached hydrogens (tertiary/aromatic N) is 2. The van der Waals surface area contributed by atoms with Crippen LogP contribution in [0.2, 0.25) is 0 Å². The molecule has 1 heterocycles. The van der Waals surface area contributed by atoms with E-state index in [9.17, 15) is 4.79 Å². The van der Waals surface area contributed by atoms with Gasteiger partial charge in [0.2, 0.25) is 0 Å². The molecule has 1 aromatic heterocycles. The third kappa shape index (κ3) is 3.51. The van der Waals surface area contributed by atoms with E-state index in [1.807, 2.05) is 19.1 Å². The van der Waals surface area contributed by atoms with Crippen molar-refractivity contribution in [3.63, 3.8) is 0 Å². The molecule has 0 atom stereocenters. The normalized spacial score (nSPS) is 10.8. The first-order valence-electron chi connectivity index (χ1n) is 6.64. The van der Waals surface area contributed by atoms with E-state index < -0.39 is 0 Å². The maximum Gasteiger partial charge on any atom is 0.189 e. The van der Waals surface area contributed by atoms with Crippen molar-refractivity contribution in [2.24, 2.45) is 0 Å². The Bertz CT molecular complexity index is 659. The smallest absolute Gasteiger partial charge is 0.189 e. The molecule has 0 aliphatic carbocycles. The van der Waals surface area contributed by atoms with E-state index >= 15 is 0 Å². The maximum absolute atomic E-state index is 12.0. The minimum absolute atomic E-state index is 0.0792. The third-order valence-electron chi connectivity index (χ3n) is 3.08. The molecule has 5 heteroatoms. The number of methoxy groups -OCH3 is 2. The molecule has 0 saturated carbocycles.